The number of aromatic nitrogens is 2. The molecule has 4 heteroatoms. The van der Waals surface area contributed by atoms with Crippen molar-refractivity contribution in [2.45, 2.75) is 46.4 Å². The molecule has 2 aromatic rings. The third-order valence-corrected chi connectivity index (χ3v) is 3.01. The zero-order chi connectivity index (χ0) is 14.5. The van der Waals surface area contributed by atoms with Crippen LogP contribution in [0.1, 0.15) is 39.4 Å². The molecule has 1 aromatic heterocycles. The minimum atomic E-state index is 0.166. The summed E-state index contributed by atoms with van der Waals surface area (Å²) in [5, 5.41) is 3.43. The van der Waals surface area contributed by atoms with Gasteiger partial charge in [-0.1, -0.05) is 12.1 Å². The molecule has 20 heavy (non-hydrogen) atoms. The first-order valence-corrected chi connectivity index (χ1v) is 7.08. The average molecular weight is 273 g/mol. The zero-order valence-corrected chi connectivity index (χ0v) is 12.6. The van der Waals surface area contributed by atoms with Gasteiger partial charge in [-0.25, -0.2) is 4.98 Å². The highest BCUT2D eigenvalue weighted by Gasteiger charge is 2.08. The van der Waals surface area contributed by atoms with Gasteiger partial charge < -0.3 is 14.6 Å². The van der Waals surface area contributed by atoms with Gasteiger partial charge in [0, 0.05) is 12.2 Å². The van der Waals surface area contributed by atoms with Crippen LogP contribution in [0.2, 0.25) is 0 Å². The van der Waals surface area contributed by atoms with Gasteiger partial charge >= 0.3 is 0 Å². The SMILES string of the molecule is CC(C)Oc1ccccc1NCc1cncn1C(C)C. The molecular weight excluding hydrogens is 250 g/mol. The van der Waals surface area contributed by atoms with Crippen LogP contribution in [-0.4, -0.2) is 15.7 Å². The predicted molar refractivity (Wildman–Crippen MR) is 82.1 cm³/mol. The van der Waals surface area contributed by atoms with Gasteiger partial charge in [0.15, 0.2) is 0 Å². The number of nitrogens with zero attached hydrogens (tertiary/aromatic N) is 2. The summed E-state index contributed by atoms with van der Waals surface area (Å²) in [4.78, 5) is 4.22. The molecule has 0 radical (unpaired) electrons. The topological polar surface area (TPSA) is 39.1 Å². The number of hydrogen-bond donors (Lipinski definition) is 1. The molecule has 0 aliphatic rings. The van der Waals surface area contributed by atoms with Crippen molar-refractivity contribution in [3.8, 4) is 5.75 Å². The van der Waals surface area contributed by atoms with Gasteiger partial charge in [-0.05, 0) is 39.8 Å². The van der Waals surface area contributed by atoms with Crippen molar-refractivity contribution in [1.29, 1.82) is 0 Å². The number of para-hydroxylation sites is 2. The van der Waals surface area contributed by atoms with Crippen LogP contribution in [0, 0.1) is 0 Å². The fraction of sp³-hybridized carbons (Fsp3) is 0.438. The molecule has 0 atom stereocenters. The Bertz CT molecular complexity index is 546. The molecule has 0 saturated carbocycles. The Morgan fingerprint density at radius 1 is 1.20 bits per heavy atom. The van der Waals surface area contributed by atoms with E-state index in [1.807, 2.05) is 50.6 Å². The first-order valence-electron chi connectivity index (χ1n) is 7.08. The maximum Gasteiger partial charge on any atom is 0.142 e. The Morgan fingerprint density at radius 2 is 1.95 bits per heavy atom. The van der Waals surface area contributed by atoms with Gasteiger partial charge in [0.2, 0.25) is 0 Å². The molecule has 0 aliphatic heterocycles. The smallest absolute Gasteiger partial charge is 0.142 e. The van der Waals surface area contributed by atoms with Crippen LogP contribution in [-0.2, 0) is 6.54 Å². The van der Waals surface area contributed by atoms with Crippen molar-refractivity contribution in [3.05, 3.63) is 42.5 Å². The third-order valence-electron chi connectivity index (χ3n) is 3.01. The van der Waals surface area contributed by atoms with Crippen molar-refractivity contribution >= 4 is 5.69 Å². The maximum absolute atomic E-state index is 5.81. The van der Waals surface area contributed by atoms with Crippen LogP contribution in [0.3, 0.4) is 0 Å². The Labute approximate surface area is 120 Å². The largest absolute Gasteiger partial charge is 0.489 e. The lowest BCUT2D eigenvalue weighted by Crippen LogP contribution is -2.11. The quantitative estimate of drug-likeness (QED) is 0.868. The average Bonchev–Trinajstić information content (AvgIpc) is 2.85. The van der Waals surface area contributed by atoms with Gasteiger partial charge in [0.25, 0.3) is 0 Å². The second-order valence-electron chi connectivity index (χ2n) is 5.40. The maximum atomic E-state index is 5.81. The van der Waals surface area contributed by atoms with Gasteiger partial charge in [-0.15, -0.1) is 0 Å². The summed E-state index contributed by atoms with van der Waals surface area (Å²) in [5.74, 6) is 0.887. The number of nitrogens with one attached hydrogen (secondary N) is 1. The lowest BCUT2D eigenvalue weighted by atomic mass is 10.2. The molecule has 4 nitrogen and oxygen atoms in total. The highest BCUT2D eigenvalue weighted by Crippen LogP contribution is 2.25. The van der Waals surface area contributed by atoms with E-state index in [0.717, 1.165) is 18.0 Å². The van der Waals surface area contributed by atoms with Crippen molar-refractivity contribution in [1.82, 2.24) is 9.55 Å². The molecule has 1 heterocycles. The Hall–Kier alpha value is -1.97. The molecule has 1 N–H and O–H groups in total. The van der Waals surface area contributed by atoms with Crippen LogP contribution in [0.15, 0.2) is 36.8 Å². The standard InChI is InChI=1S/C16H23N3O/c1-12(2)19-11-17-9-14(19)10-18-15-7-5-6-8-16(15)20-13(3)4/h5-9,11-13,18H,10H2,1-4H3. The van der Waals surface area contributed by atoms with E-state index in [0.29, 0.717) is 6.04 Å². The van der Waals surface area contributed by atoms with Crippen LogP contribution in [0.4, 0.5) is 5.69 Å². The van der Waals surface area contributed by atoms with Crippen LogP contribution >= 0.6 is 0 Å². The molecule has 0 fully saturated rings. The summed E-state index contributed by atoms with van der Waals surface area (Å²) in [6.07, 6.45) is 3.94. The highest BCUT2D eigenvalue weighted by atomic mass is 16.5. The minimum Gasteiger partial charge on any atom is -0.489 e. The second-order valence-corrected chi connectivity index (χ2v) is 5.40. The number of imidazole rings is 1. The molecule has 0 saturated heterocycles. The first kappa shape index (κ1) is 14.4. The van der Waals surface area contributed by atoms with Gasteiger partial charge in [0.05, 0.1) is 30.4 Å². The summed E-state index contributed by atoms with van der Waals surface area (Å²) in [6.45, 7) is 9.11. The summed E-state index contributed by atoms with van der Waals surface area (Å²) < 4.78 is 7.97. The Morgan fingerprint density at radius 3 is 2.65 bits per heavy atom. The van der Waals surface area contributed by atoms with E-state index in [-0.39, 0.29) is 6.10 Å². The summed E-state index contributed by atoms with van der Waals surface area (Å²) in [5.41, 5.74) is 2.18. The van der Waals surface area contributed by atoms with Crippen LogP contribution < -0.4 is 10.1 Å². The molecule has 0 aliphatic carbocycles. The van der Waals surface area contributed by atoms with Gasteiger partial charge in [-0.3, -0.25) is 0 Å². The monoisotopic (exact) mass is 273 g/mol. The lowest BCUT2D eigenvalue weighted by Gasteiger charge is -2.16. The van der Waals surface area contributed by atoms with Gasteiger partial charge in [-0.2, -0.15) is 0 Å². The van der Waals surface area contributed by atoms with E-state index in [2.05, 4.69) is 28.7 Å². The fourth-order valence-electron chi connectivity index (χ4n) is 2.09. The Kier molecular flexibility index (Phi) is 4.66. The number of hydrogen-bond acceptors (Lipinski definition) is 3. The zero-order valence-electron chi connectivity index (χ0n) is 12.6. The van der Waals surface area contributed by atoms with Crippen molar-refractivity contribution < 1.29 is 4.74 Å². The van der Waals surface area contributed by atoms with Crippen LogP contribution in [0.5, 0.6) is 5.75 Å². The van der Waals surface area contributed by atoms with E-state index in [1.54, 1.807) is 0 Å². The molecule has 2 rings (SSSR count). The molecule has 0 amide bonds. The summed E-state index contributed by atoms with van der Waals surface area (Å²) in [7, 11) is 0. The number of anilines is 1. The van der Waals surface area contributed by atoms with Gasteiger partial charge in [0.1, 0.15) is 5.75 Å². The van der Waals surface area contributed by atoms with Crippen molar-refractivity contribution in [2.75, 3.05) is 5.32 Å². The van der Waals surface area contributed by atoms with E-state index < -0.39 is 0 Å². The van der Waals surface area contributed by atoms with E-state index in [4.69, 9.17) is 4.74 Å². The van der Waals surface area contributed by atoms with Crippen molar-refractivity contribution in [2.24, 2.45) is 0 Å². The number of rotatable bonds is 6. The fourth-order valence-corrected chi connectivity index (χ4v) is 2.09. The molecule has 0 bridgehead atoms. The van der Waals surface area contributed by atoms with Crippen molar-refractivity contribution in [3.63, 3.8) is 0 Å². The Balaban J connectivity index is 2.09. The van der Waals surface area contributed by atoms with E-state index in [1.165, 1.54) is 5.69 Å². The molecule has 0 spiro atoms. The predicted octanol–water partition coefficient (Wildman–Crippen LogP) is 3.86. The highest BCUT2D eigenvalue weighted by molar-refractivity contribution is 5.56. The van der Waals surface area contributed by atoms with E-state index >= 15 is 0 Å². The number of benzene rings is 1. The normalized spacial score (nSPS) is 11.1. The van der Waals surface area contributed by atoms with Crippen LogP contribution in [0.25, 0.3) is 0 Å². The second kappa shape index (κ2) is 6.46. The molecule has 108 valence electrons. The third kappa shape index (κ3) is 3.53. The first-order chi connectivity index (χ1) is 9.58. The lowest BCUT2D eigenvalue weighted by molar-refractivity contribution is 0.243. The summed E-state index contributed by atoms with van der Waals surface area (Å²) in [6, 6.07) is 8.43. The molecule has 1 aromatic carbocycles. The summed E-state index contributed by atoms with van der Waals surface area (Å²) >= 11 is 0. The number of ether oxygens (including phenoxy) is 1. The molecule has 0 unspecified atom stereocenters. The van der Waals surface area contributed by atoms with E-state index in [9.17, 15) is 0 Å². The minimum absolute atomic E-state index is 0.166. The molecular formula is C16H23N3O.